The summed E-state index contributed by atoms with van der Waals surface area (Å²) in [4.78, 5) is 0. The zero-order valence-corrected chi connectivity index (χ0v) is 8.35. The monoisotopic (exact) mass is 220 g/mol. The van der Waals surface area contributed by atoms with Gasteiger partial charge in [0.15, 0.2) is 0 Å². The van der Waals surface area contributed by atoms with Gasteiger partial charge in [0.25, 0.3) is 5.92 Å². The van der Waals surface area contributed by atoms with Crippen molar-refractivity contribution in [2.45, 2.75) is 18.9 Å². The predicted octanol–water partition coefficient (Wildman–Crippen LogP) is 2.50. The van der Waals surface area contributed by atoms with Crippen LogP contribution in [0.25, 0.3) is 0 Å². The highest BCUT2D eigenvalue weighted by molar-refractivity contribution is 6.30. The minimum Gasteiger partial charge on any atom is -0.271 e. The molecule has 0 radical (unpaired) electrons. The molecular weight excluding hydrogens is 210 g/mol. The van der Waals surface area contributed by atoms with Crippen LogP contribution < -0.4 is 11.3 Å². The van der Waals surface area contributed by atoms with Gasteiger partial charge in [0.1, 0.15) is 6.04 Å². The lowest BCUT2D eigenvalue weighted by Crippen LogP contribution is -2.39. The van der Waals surface area contributed by atoms with Crippen molar-refractivity contribution in [3.05, 3.63) is 34.9 Å². The van der Waals surface area contributed by atoms with Crippen LogP contribution in [0.3, 0.4) is 0 Å². The Morgan fingerprint density at radius 2 is 1.86 bits per heavy atom. The van der Waals surface area contributed by atoms with Crippen LogP contribution in [0.2, 0.25) is 5.02 Å². The molecule has 0 aliphatic carbocycles. The van der Waals surface area contributed by atoms with E-state index in [9.17, 15) is 8.78 Å². The molecule has 1 aromatic rings. The van der Waals surface area contributed by atoms with E-state index in [1.165, 1.54) is 12.1 Å². The van der Waals surface area contributed by atoms with E-state index in [0.717, 1.165) is 6.92 Å². The molecule has 1 aromatic carbocycles. The van der Waals surface area contributed by atoms with E-state index in [-0.39, 0.29) is 0 Å². The van der Waals surface area contributed by atoms with Gasteiger partial charge in [-0.2, -0.15) is 0 Å². The summed E-state index contributed by atoms with van der Waals surface area (Å²) in [5.41, 5.74) is 2.49. The van der Waals surface area contributed by atoms with Crippen molar-refractivity contribution in [2.24, 2.45) is 5.84 Å². The van der Waals surface area contributed by atoms with Gasteiger partial charge in [0.05, 0.1) is 0 Å². The first-order valence-corrected chi connectivity index (χ1v) is 4.42. The molecule has 0 saturated carbocycles. The van der Waals surface area contributed by atoms with Crippen molar-refractivity contribution in [3.8, 4) is 0 Å². The van der Waals surface area contributed by atoms with Crippen LogP contribution in [0.1, 0.15) is 18.5 Å². The fourth-order valence-corrected chi connectivity index (χ4v) is 1.32. The second kappa shape index (κ2) is 4.21. The van der Waals surface area contributed by atoms with Crippen LogP contribution in [0.15, 0.2) is 24.3 Å². The van der Waals surface area contributed by atoms with Gasteiger partial charge in [-0.25, -0.2) is 14.2 Å². The van der Waals surface area contributed by atoms with E-state index in [1.807, 2.05) is 0 Å². The third kappa shape index (κ3) is 2.64. The Balaban J connectivity index is 2.96. The average Bonchev–Trinajstić information content (AvgIpc) is 2.07. The zero-order valence-electron chi connectivity index (χ0n) is 7.60. The quantitative estimate of drug-likeness (QED) is 0.607. The fourth-order valence-electron chi connectivity index (χ4n) is 1.19. The number of hydrogen-bond acceptors (Lipinski definition) is 2. The second-order valence-corrected chi connectivity index (χ2v) is 3.54. The number of benzene rings is 1. The Morgan fingerprint density at radius 3 is 2.21 bits per heavy atom. The number of hydrazine groups is 1. The van der Waals surface area contributed by atoms with E-state index in [0.29, 0.717) is 10.6 Å². The van der Waals surface area contributed by atoms with Gasteiger partial charge in [-0.1, -0.05) is 23.7 Å². The van der Waals surface area contributed by atoms with Crippen LogP contribution in [-0.2, 0) is 0 Å². The molecule has 5 heteroatoms. The fraction of sp³-hybridized carbons (Fsp3) is 0.333. The first kappa shape index (κ1) is 11.4. The first-order valence-electron chi connectivity index (χ1n) is 4.04. The van der Waals surface area contributed by atoms with E-state index in [2.05, 4.69) is 5.43 Å². The summed E-state index contributed by atoms with van der Waals surface area (Å²) in [6, 6.07) is 4.94. The van der Waals surface area contributed by atoms with Crippen LogP contribution in [-0.4, -0.2) is 5.92 Å². The number of rotatable bonds is 3. The molecule has 2 nitrogen and oxygen atoms in total. The number of halogens is 3. The minimum atomic E-state index is -2.91. The second-order valence-electron chi connectivity index (χ2n) is 3.11. The Labute approximate surface area is 86.0 Å². The largest absolute Gasteiger partial charge is 0.271 e. The molecule has 1 atom stereocenters. The Bertz CT molecular complexity index is 295. The molecule has 0 aromatic heterocycles. The number of alkyl halides is 2. The summed E-state index contributed by atoms with van der Waals surface area (Å²) in [5.74, 6) is 2.15. The van der Waals surface area contributed by atoms with Gasteiger partial charge in [-0.15, -0.1) is 0 Å². The topological polar surface area (TPSA) is 38.0 Å². The van der Waals surface area contributed by atoms with E-state index < -0.39 is 12.0 Å². The maximum Gasteiger partial charge on any atom is 0.265 e. The summed E-state index contributed by atoms with van der Waals surface area (Å²) in [6.07, 6.45) is 0. The van der Waals surface area contributed by atoms with Gasteiger partial charge in [-0.05, 0) is 17.7 Å². The standard InChI is InChI=1S/C9H11ClF2N2/c1-9(11,12)8(14-13)6-2-4-7(10)5-3-6/h2-5,8,14H,13H2,1H3. The maximum atomic E-state index is 13.0. The van der Waals surface area contributed by atoms with Crippen molar-refractivity contribution in [1.29, 1.82) is 0 Å². The Kier molecular flexibility index (Phi) is 3.42. The summed E-state index contributed by atoms with van der Waals surface area (Å²) in [7, 11) is 0. The molecule has 0 heterocycles. The molecule has 1 unspecified atom stereocenters. The van der Waals surface area contributed by atoms with Crippen molar-refractivity contribution in [3.63, 3.8) is 0 Å². The van der Waals surface area contributed by atoms with E-state index in [1.54, 1.807) is 12.1 Å². The molecule has 0 aliphatic rings. The molecule has 0 spiro atoms. The molecule has 1 rings (SSSR count). The lowest BCUT2D eigenvalue weighted by Gasteiger charge is -2.22. The minimum absolute atomic E-state index is 0.407. The summed E-state index contributed by atoms with van der Waals surface area (Å²) < 4.78 is 26.0. The highest BCUT2D eigenvalue weighted by Gasteiger charge is 2.34. The number of hydrogen-bond donors (Lipinski definition) is 2. The molecule has 0 fully saturated rings. The molecule has 0 saturated heterocycles. The van der Waals surface area contributed by atoms with Gasteiger partial charge in [0.2, 0.25) is 0 Å². The summed E-state index contributed by atoms with van der Waals surface area (Å²) >= 11 is 5.63. The Morgan fingerprint density at radius 1 is 1.36 bits per heavy atom. The SMILES string of the molecule is CC(F)(F)C(NN)c1ccc(Cl)cc1. The van der Waals surface area contributed by atoms with Crippen LogP contribution in [0.4, 0.5) is 8.78 Å². The molecule has 0 aliphatic heterocycles. The highest BCUT2D eigenvalue weighted by Crippen LogP contribution is 2.30. The van der Waals surface area contributed by atoms with Crippen molar-refractivity contribution >= 4 is 11.6 Å². The molecule has 0 amide bonds. The van der Waals surface area contributed by atoms with Crippen molar-refractivity contribution < 1.29 is 8.78 Å². The van der Waals surface area contributed by atoms with E-state index >= 15 is 0 Å². The first-order chi connectivity index (χ1) is 6.45. The summed E-state index contributed by atoms with van der Waals surface area (Å²) in [6.45, 7) is 0.812. The summed E-state index contributed by atoms with van der Waals surface area (Å²) in [5, 5.41) is 0.504. The lowest BCUT2D eigenvalue weighted by atomic mass is 10.0. The predicted molar refractivity (Wildman–Crippen MR) is 52.1 cm³/mol. The molecule has 14 heavy (non-hydrogen) atoms. The normalized spacial score (nSPS) is 14.1. The van der Waals surface area contributed by atoms with Gasteiger partial charge in [-0.3, -0.25) is 5.84 Å². The zero-order chi connectivity index (χ0) is 10.8. The van der Waals surface area contributed by atoms with Crippen LogP contribution >= 0.6 is 11.6 Å². The molecule has 3 N–H and O–H groups in total. The lowest BCUT2D eigenvalue weighted by molar-refractivity contribution is -0.0194. The number of nitrogens with one attached hydrogen (secondary N) is 1. The van der Waals surface area contributed by atoms with E-state index in [4.69, 9.17) is 17.4 Å². The smallest absolute Gasteiger partial charge is 0.265 e. The average molecular weight is 221 g/mol. The van der Waals surface area contributed by atoms with Crippen molar-refractivity contribution in [2.75, 3.05) is 0 Å². The van der Waals surface area contributed by atoms with Gasteiger partial charge in [0, 0.05) is 11.9 Å². The molecule has 0 bridgehead atoms. The number of nitrogens with two attached hydrogens (primary N) is 1. The van der Waals surface area contributed by atoms with Crippen molar-refractivity contribution in [1.82, 2.24) is 5.43 Å². The Hall–Kier alpha value is -0.710. The third-order valence-electron chi connectivity index (χ3n) is 1.88. The maximum absolute atomic E-state index is 13.0. The highest BCUT2D eigenvalue weighted by atomic mass is 35.5. The van der Waals surface area contributed by atoms with Crippen LogP contribution in [0, 0.1) is 0 Å². The third-order valence-corrected chi connectivity index (χ3v) is 2.13. The molecular formula is C9H11ClF2N2. The molecule has 78 valence electrons. The van der Waals surface area contributed by atoms with Crippen LogP contribution in [0.5, 0.6) is 0 Å². The van der Waals surface area contributed by atoms with Gasteiger partial charge >= 0.3 is 0 Å². The van der Waals surface area contributed by atoms with Gasteiger partial charge < -0.3 is 0 Å².